The largest absolute Gasteiger partial charge is 0.381 e. The smallest absolute Gasteiger partial charge is 0.224 e. The number of carbonyl (C=O) groups is 1. The summed E-state index contributed by atoms with van der Waals surface area (Å²) in [7, 11) is 0. The SMILES string of the molecule is CC(CN)C(=O)NCC1(c2ccc(Br)cc2)CCOCC1.Cl. The van der Waals surface area contributed by atoms with E-state index in [4.69, 9.17) is 10.5 Å². The van der Waals surface area contributed by atoms with E-state index in [1.54, 1.807) is 0 Å². The molecule has 1 saturated heterocycles. The van der Waals surface area contributed by atoms with Gasteiger partial charge < -0.3 is 15.8 Å². The molecule has 1 amide bonds. The van der Waals surface area contributed by atoms with Crippen LogP contribution >= 0.6 is 28.3 Å². The molecule has 1 heterocycles. The van der Waals surface area contributed by atoms with Crippen molar-refractivity contribution in [3.63, 3.8) is 0 Å². The Bertz CT molecular complexity index is 476. The summed E-state index contributed by atoms with van der Waals surface area (Å²) in [5.41, 5.74) is 6.78. The molecule has 1 unspecified atom stereocenters. The van der Waals surface area contributed by atoms with Crippen LogP contribution in [0.2, 0.25) is 0 Å². The lowest BCUT2D eigenvalue weighted by atomic mass is 9.74. The zero-order valence-corrected chi connectivity index (χ0v) is 15.2. The van der Waals surface area contributed by atoms with E-state index in [1.807, 2.05) is 6.92 Å². The number of halogens is 2. The summed E-state index contributed by atoms with van der Waals surface area (Å²) in [5.74, 6) is -0.118. The third-order valence-electron chi connectivity index (χ3n) is 4.31. The molecular formula is C16H24BrClN2O2. The fourth-order valence-electron chi connectivity index (χ4n) is 2.67. The van der Waals surface area contributed by atoms with E-state index < -0.39 is 0 Å². The number of nitrogens with two attached hydrogens (primary N) is 1. The molecule has 22 heavy (non-hydrogen) atoms. The first-order chi connectivity index (χ1) is 10.1. The molecule has 0 spiro atoms. The van der Waals surface area contributed by atoms with Gasteiger partial charge in [0.25, 0.3) is 0 Å². The first-order valence-corrected chi connectivity index (χ1v) is 8.18. The van der Waals surface area contributed by atoms with Crippen LogP contribution in [-0.4, -0.2) is 32.2 Å². The van der Waals surface area contributed by atoms with Gasteiger partial charge in [0, 0.05) is 42.1 Å². The monoisotopic (exact) mass is 390 g/mol. The number of hydrogen-bond acceptors (Lipinski definition) is 3. The Morgan fingerprint density at radius 3 is 2.50 bits per heavy atom. The Hall–Kier alpha value is -0.620. The van der Waals surface area contributed by atoms with Crippen LogP contribution in [0.4, 0.5) is 0 Å². The maximum absolute atomic E-state index is 12.0. The Morgan fingerprint density at radius 2 is 1.95 bits per heavy atom. The first-order valence-electron chi connectivity index (χ1n) is 7.39. The van der Waals surface area contributed by atoms with Crippen LogP contribution in [0, 0.1) is 5.92 Å². The summed E-state index contributed by atoms with van der Waals surface area (Å²) in [6.45, 7) is 4.34. The molecule has 1 aromatic rings. The summed E-state index contributed by atoms with van der Waals surface area (Å²) in [6.07, 6.45) is 1.85. The van der Waals surface area contributed by atoms with Crippen molar-refractivity contribution < 1.29 is 9.53 Å². The number of amides is 1. The van der Waals surface area contributed by atoms with Crippen molar-refractivity contribution in [2.45, 2.75) is 25.2 Å². The fourth-order valence-corrected chi connectivity index (χ4v) is 2.94. The van der Waals surface area contributed by atoms with Crippen molar-refractivity contribution in [3.8, 4) is 0 Å². The molecule has 0 radical (unpaired) electrons. The highest BCUT2D eigenvalue weighted by Gasteiger charge is 2.35. The standard InChI is InChI=1S/C16H23BrN2O2.ClH/c1-12(10-18)15(20)19-11-16(6-8-21-9-7-16)13-2-4-14(17)5-3-13;/h2-5,12H,6-11,18H2,1H3,(H,19,20);1H. The van der Waals surface area contributed by atoms with Crippen LogP contribution < -0.4 is 11.1 Å². The number of carbonyl (C=O) groups excluding carboxylic acids is 1. The Balaban J connectivity index is 0.00000242. The molecule has 1 aliphatic heterocycles. The summed E-state index contributed by atoms with van der Waals surface area (Å²) in [6, 6.07) is 8.37. The number of ether oxygens (including phenoxy) is 1. The van der Waals surface area contributed by atoms with E-state index >= 15 is 0 Å². The first kappa shape index (κ1) is 19.4. The molecule has 1 atom stereocenters. The highest BCUT2D eigenvalue weighted by molar-refractivity contribution is 9.10. The van der Waals surface area contributed by atoms with Crippen molar-refractivity contribution >= 4 is 34.2 Å². The van der Waals surface area contributed by atoms with E-state index in [0.29, 0.717) is 13.1 Å². The number of nitrogens with one attached hydrogen (secondary N) is 1. The van der Waals surface area contributed by atoms with Gasteiger partial charge in [0.15, 0.2) is 0 Å². The quantitative estimate of drug-likeness (QED) is 0.811. The molecule has 2 rings (SSSR count). The molecule has 0 aliphatic carbocycles. The van der Waals surface area contributed by atoms with Gasteiger partial charge >= 0.3 is 0 Å². The molecule has 3 N–H and O–H groups in total. The normalized spacial score (nSPS) is 18.1. The second kappa shape index (κ2) is 8.87. The van der Waals surface area contributed by atoms with Gasteiger partial charge in [-0.05, 0) is 30.5 Å². The van der Waals surface area contributed by atoms with E-state index in [-0.39, 0.29) is 29.6 Å². The Labute approximate surface area is 146 Å². The molecule has 0 saturated carbocycles. The predicted octanol–water partition coefficient (Wildman–Crippen LogP) is 2.63. The van der Waals surface area contributed by atoms with Gasteiger partial charge in [0.1, 0.15) is 0 Å². The lowest BCUT2D eigenvalue weighted by molar-refractivity contribution is -0.124. The highest BCUT2D eigenvalue weighted by atomic mass is 79.9. The number of rotatable bonds is 5. The third kappa shape index (κ3) is 4.69. The number of hydrogen-bond donors (Lipinski definition) is 2. The topological polar surface area (TPSA) is 64.4 Å². The van der Waals surface area contributed by atoms with Gasteiger partial charge in [-0.3, -0.25) is 4.79 Å². The highest BCUT2D eigenvalue weighted by Crippen LogP contribution is 2.35. The van der Waals surface area contributed by atoms with Gasteiger partial charge in [-0.2, -0.15) is 0 Å². The summed E-state index contributed by atoms with van der Waals surface area (Å²) in [4.78, 5) is 12.0. The van der Waals surface area contributed by atoms with Crippen molar-refractivity contribution in [1.82, 2.24) is 5.32 Å². The lowest BCUT2D eigenvalue weighted by Gasteiger charge is -2.38. The second-order valence-electron chi connectivity index (χ2n) is 5.75. The van der Waals surface area contributed by atoms with Gasteiger partial charge in [0.05, 0.1) is 0 Å². The van der Waals surface area contributed by atoms with Crippen LogP contribution in [0.3, 0.4) is 0 Å². The third-order valence-corrected chi connectivity index (χ3v) is 4.84. The van der Waals surface area contributed by atoms with Crippen LogP contribution in [-0.2, 0) is 14.9 Å². The van der Waals surface area contributed by atoms with E-state index in [1.165, 1.54) is 5.56 Å². The van der Waals surface area contributed by atoms with E-state index in [9.17, 15) is 4.79 Å². The van der Waals surface area contributed by atoms with Crippen molar-refractivity contribution in [1.29, 1.82) is 0 Å². The molecule has 1 aromatic carbocycles. The van der Waals surface area contributed by atoms with Gasteiger partial charge in [0.2, 0.25) is 5.91 Å². The Morgan fingerprint density at radius 1 is 1.36 bits per heavy atom. The van der Waals surface area contributed by atoms with Crippen LogP contribution in [0.5, 0.6) is 0 Å². The lowest BCUT2D eigenvalue weighted by Crippen LogP contribution is -2.46. The number of benzene rings is 1. The molecule has 4 nitrogen and oxygen atoms in total. The minimum absolute atomic E-state index is 0. The molecule has 6 heteroatoms. The predicted molar refractivity (Wildman–Crippen MR) is 94.3 cm³/mol. The minimum Gasteiger partial charge on any atom is -0.381 e. The Kier molecular flexibility index (Phi) is 7.83. The van der Waals surface area contributed by atoms with Crippen LogP contribution in [0.15, 0.2) is 28.7 Å². The molecule has 0 bridgehead atoms. The zero-order valence-electron chi connectivity index (χ0n) is 12.8. The summed E-state index contributed by atoms with van der Waals surface area (Å²) < 4.78 is 6.57. The van der Waals surface area contributed by atoms with Crippen LogP contribution in [0.1, 0.15) is 25.3 Å². The summed E-state index contributed by atoms with van der Waals surface area (Å²) in [5, 5.41) is 3.07. The second-order valence-corrected chi connectivity index (χ2v) is 6.67. The molecular weight excluding hydrogens is 368 g/mol. The average molecular weight is 392 g/mol. The van der Waals surface area contributed by atoms with Crippen molar-refractivity contribution in [2.24, 2.45) is 11.7 Å². The van der Waals surface area contributed by atoms with Crippen molar-refractivity contribution in [3.05, 3.63) is 34.3 Å². The molecule has 124 valence electrons. The van der Waals surface area contributed by atoms with Crippen LogP contribution in [0.25, 0.3) is 0 Å². The average Bonchev–Trinajstić information content (AvgIpc) is 2.53. The van der Waals surface area contributed by atoms with E-state index in [2.05, 4.69) is 45.5 Å². The minimum atomic E-state index is -0.146. The van der Waals surface area contributed by atoms with E-state index in [0.717, 1.165) is 30.5 Å². The van der Waals surface area contributed by atoms with Crippen molar-refractivity contribution in [2.75, 3.05) is 26.3 Å². The van der Waals surface area contributed by atoms with Gasteiger partial charge in [-0.15, -0.1) is 12.4 Å². The fraction of sp³-hybridized carbons (Fsp3) is 0.562. The molecule has 0 aromatic heterocycles. The maximum atomic E-state index is 12.0. The van der Waals surface area contributed by atoms with Gasteiger partial charge in [-0.25, -0.2) is 0 Å². The maximum Gasteiger partial charge on any atom is 0.224 e. The molecule has 1 aliphatic rings. The van der Waals surface area contributed by atoms with Gasteiger partial charge in [-0.1, -0.05) is 35.0 Å². The zero-order chi connectivity index (χ0) is 15.3. The summed E-state index contributed by atoms with van der Waals surface area (Å²) >= 11 is 3.47. The molecule has 1 fully saturated rings.